The second kappa shape index (κ2) is 50.7. The number of nitrogens with zero attached hydrogens (tertiary/aromatic N) is 15. The first kappa shape index (κ1) is 93.6. The van der Waals surface area contributed by atoms with Gasteiger partial charge in [0.2, 0.25) is 28.7 Å². The fourth-order valence-corrected chi connectivity index (χ4v) is 14.7. The standard InChI is InChI=1S/C89H125FN22O11/c1-91-86(115)66-54-78(118-48-23-15-32-69-60-107(2)101-95-69)76(79(55-66)119-49-24-16-33-70-61-108(3)102-96-70)39-30-46-93-88(117)68-58-82(122-52-27-19-36-73-64-111(6)105-99-73)77(83(59-68)123-53-28-20-37-74-65-112(7)106-100-74)40-31-47-94-87(116)67-56-80(120-50-25-17-34-71-62-109(4)103-97-71)75(81(57-67)121-51-26-18-35-72-63-110(5)104-98-72)38-29-45-92-85(114)42-14-10-9-13-41-84(113)89(90)43-21-11-8-12-22-44-89/h54-65H,8-21,23-43,45-53H2,1-7H3,(H4,91,92,93,94,114,115,116,117)/p+3. The number of amides is 4. The molecule has 4 amide bonds. The highest BCUT2D eigenvalue weighted by Gasteiger charge is 2.36. The largest absolute Gasteiger partial charge is 0.493 e. The molecule has 6 aromatic heterocycles. The van der Waals surface area contributed by atoms with Crippen LogP contribution in [0.2, 0.25) is 0 Å². The molecule has 664 valence electrons. The van der Waals surface area contributed by atoms with Crippen LogP contribution in [0.25, 0.3) is 0 Å². The van der Waals surface area contributed by atoms with E-state index in [4.69, 9.17) is 28.4 Å². The van der Waals surface area contributed by atoms with Crippen LogP contribution < -0.4 is 63.7 Å². The lowest BCUT2D eigenvalue weighted by atomic mass is 9.89. The first-order chi connectivity index (χ1) is 59.8. The molecule has 0 aliphatic heterocycles. The molecule has 33 nitrogen and oxygen atoms in total. The fourth-order valence-electron chi connectivity index (χ4n) is 14.7. The zero-order valence-corrected chi connectivity index (χ0v) is 73.1. The van der Waals surface area contributed by atoms with Crippen LogP contribution in [0.1, 0.15) is 249 Å². The summed E-state index contributed by atoms with van der Waals surface area (Å²) < 4.78 is 66.0. The van der Waals surface area contributed by atoms with E-state index in [9.17, 15) is 24.0 Å². The normalized spacial score (nSPS) is 13.2. The Morgan fingerprint density at radius 3 is 1.07 bits per heavy atom. The van der Waals surface area contributed by atoms with Crippen molar-refractivity contribution in [2.45, 2.75) is 230 Å². The predicted octanol–water partition coefficient (Wildman–Crippen LogP) is 8.84. The minimum absolute atomic E-state index is 0.0794. The number of aromatic nitrogens is 18. The van der Waals surface area contributed by atoms with Crippen LogP contribution in [0.3, 0.4) is 0 Å². The Balaban J connectivity index is 0.844. The molecule has 1 atom stereocenters. The zero-order valence-electron chi connectivity index (χ0n) is 73.1. The number of alkyl halides is 1. The lowest BCUT2D eigenvalue weighted by molar-refractivity contribution is -0.730. The number of aromatic amines is 3. The quantitative estimate of drug-likeness (QED) is 0.0106. The van der Waals surface area contributed by atoms with Gasteiger partial charge in [-0.2, -0.15) is 14.0 Å². The van der Waals surface area contributed by atoms with E-state index < -0.39 is 11.5 Å². The van der Waals surface area contributed by atoms with Crippen molar-refractivity contribution in [2.24, 2.45) is 42.3 Å². The third kappa shape index (κ3) is 32.3. The smallest absolute Gasteiger partial charge is 0.251 e. The molecule has 10 rings (SSSR count). The van der Waals surface area contributed by atoms with Crippen LogP contribution in [-0.4, -0.2) is 177 Å². The van der Waals surface area contributed by atoms with Gasteiger partial charge in [0.05, 0.1) is 56.7 Å². The number of aryl methyl sites for hydroxylation is 12. The molecule has 7 N–H and O–H groups in total. The molecule has 1 unspecified atom stereocenters. The number of rotatable bonds is 59. The topological polar surface area (TPSA) is 379 Å². The fraction of sp³-hybridized carbons (Fsp3) is 0.584. The summed E-state index contributed by atoms with van der Waals surface area (Å²) in [6.07, 6.45) is 34.1. The van der Waals surface area contributed by atoms with E-state index in [1.54, 1.807) is 57.5 Å². The summed E-state index contributed by atoms with van der Waals surface area (Å²) in [6.45, 7) is 3.03. The second-order valence-corrected chi connectivity index (χ2v) is 31.9. The van der Waals surface area contributed by atoms with Crippen molar-refractivity contribution >= 4 is 29.4 Å². The van der Waals surface area contributed by atoms with E-state index in [-0.39, 0.29) is 49.6 Å². The number of carbonyl (C=O) groups is 5. The van der Waals surface area contributed by atoms with Crippen molar-refractivity contribution in [3.63, 3.8) is 0 Å². The van der Waals surface area contributed by atoms with Crippen molar-refractivity contribution in [1.29, 1.82) is 0 Å². The molecule has 0 spiro atoms. The van der Waals surface area contributed by atoms with Gasteiger partial charge in [-0.3, -0.25) is 38.0 Å². The number of halogens is 1. The van der Waals surface area contributed by atoms with E-state index in [2.05, 4.69) is 95.0 Å². The number of H-pyrrole nitrogens is 3. The molecule has 123 heavy (non-hydrogen) atoms. The number of ether oxygens (including phenoxy) is 6. The Hall–Kier alpha value is -11.7. The van der Waals surface area contributed by atoms with Gasteiger partial charge in [-0.15, -0.1) is 15.3 Å². The van der Waals surface area contributed by atoms with Gasteiger partial charge in [0.1, 0.15) is 55.6 Å². The number of benzene rings is 3. The molecule has 0 saturated heterocycles. The van der Waals surface area contributed by atoms with Crippen LogP contribution in [0.15, 0.2) is 73.6 Å². The van der Waals surface area contributed by atoms with Crippen molar-refractivity contribution < 1.29 is 70.8 Å². The van der Waals surface area contributed by atoms with Crippen LogP contribution >= 0.6 is 0 Å². The number of Topliss-reactive ketones (excluding diaryl/α,β-unsaturated/α-hetero) is 1. The summed E-state index contributed by atoms with van der Waals surface area (Å²) in [5.74, 6) is 7.10. The average molecular weight is 1700 g/mol. The van der Waals surface area contributed by atoms with Crippen LogP contribution in [-0.2, 0) is 110 Å². The Kier molecular flexibility index (Phi) is 38.6. The maximum Gasteiger partial charge on any atom is 0.251 e. The summed E-state index contributed by atoms with van der Waals surface area (Å²) in [5, 5.41) is 59.4. The van der Waals surface area contributed by atoms with Gasteiger partial charge < -0.3 is 49.7 Å². The molecule has 1 aliphatic rings. The van der Waals surface area contributed by atoms with Crippen LogP contribution in [0, 0.1) is 11.8 Å². The third-order valence-corrected chi connectivity index (χ3v) is 21.4. The Morgan fingerprint density at radius 1 is 0.415 bits per heavy atom. The number of ketones is 1. The molecule has 0 radical (unpaired) electrons. The van der Waals surface area contributed by atoms with Crippen LogP contribution in [0.5, 0.6) is 34.5 Å². The Labute approximate surface area is 720 Å². The molecule has 9 aromatic rings. The average Bonchev–Trinajstić information content (AvgIpc) is 1.77. The molecule has 3 aromatic carbocycles. The molecular formula is C89H128FN22O11+3. The molecular weight excluding hydrogens is 1570 g/mol. The first-order valence-corrected chi connectivity index (χ1v) is 44.1. The van der Waals surface area contributed by atoms with E-state index in [0.29, 0.717) is 213 Å². The van der Waals surface area contributed by atoms with Crippen molar-refractivity contribution in [3.05, 3.63) is 141 Å². The summed E-state index contributed by atoms with van der Waals surface area (Å²) in [7, 11) is 12.8. The number of unbranched alkanes of at least 4 members (excludes halogenated alkanes) is 9. The minimum atomic E-state index is -2.05. The summed E-state index contributed by atoms with van der Waals surface area (Å²) in [4.78, 5) is 69.2. The second-order valence-electron chi connectivity index (χ2n) is 31.9. The van der Waals surface area contributed by atoms with Gasteiger partial charge in [0.15, 0.2) is 24.4 Å². The molecule has 0 bridgehead atoms. The lowest BCUT2D eigenvalue weighted by Crippen LogP contribution is -2.32. The van der Waals surface area contributed by atoms with Gasteiger partial charge >= 0.3 is 0 Å². The van der Waals surface area contributed by atoms with Gasteiger partial charge in [-0.05, 0) is 197 Å². The Morgan fingerprint density at radius 2 is 0.748 bits per heavy atom. The monoisotopic (exact) mass is 1700 g/mol. The minimum Gasteiger partial charge on any atom is -0.493 e. The highest BCUT2D eigenvalue weighted by molar-refractivity contribution is 5.97. The SMILES string of the molecule is CNC(=O)c1cc(OCCCCc2cn(C)nn2)c(CCCNC(=O)c2cc(OCCCCc3cn(C)nn3)c(CCCNC(=O)c3cc(OCCCCc4cn(C)nn4)c(CCCNC(=O)CCCCCCC(=O)C4(F)C#CCCCCC4)c(OCCCCc4c[n+](C)[nH]n4)c3)c(OCCCCc3c[n+](C)[nH]n3)c2)c(OCCCCc2c[n+](C)[nH]n2)c1. The third-order valence-electron chi connectivity index (χ3n) is 21.4. The van der Waals surface area contributed by atoms with E-state index in [0.717, 1.165) is 147 Å². The lowest BCUT2D eigenvalue weighted by Gasteiger charge is -2.20. The van der Waals surface area contributed by atoms with E-state index in [1.165, 1.54) is 0 Å². The highest BCUT2D eigenvalue weighted by atomic mass is 19.1. The summed E-state index contributed by atoms with van der Waals surface area (Å²) in [5.41, 5.74) is 6.82. The zero-order chi connectivity index (χ0) is 86.8. The Bertz CT molecular complexity index is 4630. The van der Waals surface area contributed by atoms with Crippen molar-refractivity contribution in [1.82, 2.24) is 97.2 Å². The first-order valence-electron chi connectivity index (χ1n) is 44.1. The number of hydrogen-bond donors (Lipinski definition) is 7. The van der Waals surface area contributed by atoms with Crippen LogP contribution in [0.4, 0.5) is 4.39 Å². The number of nitrogens with one attached hydrogen (secondary N) is 7. The molecule has 34 heteroatoms. The molecule has 0 fully saturated rings. The molecule has 6 heterocycles. The summed E-state index contributed by atoms with van der Waals surface area (Å²) in [6, 6.07) is 10.7. The highest BCUT2D eigenvalue weighted by Crippen LogP contribution is 2.37. The molecule has 0 saturated carbocycles. The number of carbonyl (C=O) groups excluding carboxylic acids is 5. The summed E-state index contributed by atoms with van der Waals surface area (Å²) >= 11 is 0. The van der Waals surface area contributed by atoms with Gasteiger partial charge in [0, 0.05) is 160 Å². The van der Waals surface area contributed by atoms with E-state index >= 15 is 4.39 Å². The van der Waals surface area contributed by atoms with Crippen molar-refractivity contribution in [2.75, 3.05) is 66.3 Å². The predicted molar refractivity (Wildman–Crippen MR) is 456 cm³/mol. The maximum absolute atomic E-state index is 15.5. The van der Waals surface area contributed by atoms with Crippen molar-refractivity contribution in [3.8, 4) is 46.3 Å². The number of hydrogen-bond acceptors (Lipinski definition) is 20. The van der Waals surface area contributed by atoms with Gasteiger partial charge in [-0.25, -0.2) is 4.39 Å². The van der Waals surface area contributed by atoms with Gasteiger partial charge in [-0.1, -0.05) is 62.4 Å². The molecule has 1 aliphatic carbocycles. The van der Waals surface area contributed by atoms with Gasteiger partial charge in [0.25, 0.3) is 17.7 Å². The van der Waals surface area contributed by atoms with E-state index in [1.807, 2.05) is 93.5 Å². The maximum atomic E-state index is 15.5.